The quantitative estimate of drug-likeness (QED) is 0.561. The molecular weight excluding hydrogens is 412 g/mol. The number of halogens is 2. The van der Waals surface area contributed by atoms with E-state index >= 15 is 0 Å². The van der Waals surface area contributed by atoms with Crippen LogP contribution in [0.1, 0.15) is 15.9 Å². The summed E-state index contributed by atoms with van der Waals surface area (Å²) >= 11 is 9.32. The smallest absolute Gasteiger partial charge is 0.272 e. The molecule has 2 aromatic rings. The van der Waals surface area contributed by atoms with Crippen molar-refractivity contribution in [2.75, 3.05) is 21.3 Å². The van der Waals surface area contributed by atoms with E-state index in [2.05, 4.69) is 26.5 Å². The van der Waals surface area contributed by atoms with Crippen LogP contribution in [0.25, 0.3) is 0 Å². The van der Waals surface area contributed by atoms with Gasteiger partial charge in [-0.1, -0.05) is 27.5 Å². The molecule has 0 aliphatic carbocycles. The lowest BCUT2D eigenvalue weighted by molar-refractivity contribution is 0.0955. The van der Waals surface area contributed by atoms with Gasteiger partial charge in [-0.05, 0) is 30.3 Å². The minimum absolute atomic E-state index is 0.318. The fraction of sp³-hybridized carbons (Fsp3) is 0.176. The summed E-state index contributed by atoms with van der Waals surface area (Å²) in [5.74, 6) is 1.04. The molecule has 6 nitrogen and oxygen atoms in total. The number of methoxy groups -OCH3 is 3. The summed E-state index contributed by atoms with van der Waals surface area (Å²) in [5.41, 5.74) is 3.41. The van der Waals surface area contributed by atoms with E-state index in [-0.39, 0.29) is 0 Å². The van der Waals surface area contributed by atoms with Crippen LogP contribution in [-0.2, 0) is 0 Å². The van der Waals surface area contributed by atoms with Gasteiger partial charge in [0.25, 0.3) is 5.91 Å². The van der Waals surface area contributed by atoms with Gasteiger partial charge in [0.2, 0.25) is 5.75 Å². The number of hydrogen-bond acceptors (Lipinski definition) is 5. The van der Waals surface area contributed by atoms with Gasteiger partial charge in [-0.15, -0.1) is 0 Å². The molecule has 0 fully saturated rings. The number of carbonyl (C=O) groups excluding carboxylic acids is 1. The molecule has 0 aliphatic heterocycles. The standard InChI is InChI=1S/C17H16BrClN2O4/c1-23-14-6-10(7-15(24-2)16(14)25-3)9-20-21-17(22)12-8-11(18)4-5-13(12)19/h4-9H,1-3H3,(H,21,22)/b20-9+. The number of nitrogens with one attached hydrogen (secondary N) is 1. The van der Waals surface area contributed by atoms with Crippen molar-refractivity contribution in [3.63, 3.8) is 0 Å². The van der Waals surface area contributed by atoms with Crippen molar-refractivity contribution in [3.8, 4) is 17.2 Å². The molecule has 1 amide bonds. The third kappa shape index (κ3) is 4.64. The average Bonchev–Trinajstić information content (AvgIpc) is 2.62. The number of ether oxygens (including phenoxy) is 3. The van der Waals surface area contributed by atoms with E-state index in [0.717, 1.165) is 4.47 Å². The van der Waals surface area contributed by atoms with Gasteiger partial charge >= 0.3 is 0 Å². The maximum atomic E-state index is 12.2. The SMILES string of the molecule is COc1cc(/C=N/NC(=O)c2cc(Br)ccc2Cl)cc(OC)c1OC. The fourth-order valence-corrected chi connectivity index (χ4v) is 2.64. The van der Waals surface area contributed by atoms with E-state index in [0.29, 0.717) is 33.4 Å². The first kappa shape index (κ1) is 19.1. The Bertz CT molecular complexity index is 786. The molecule has 0 saturated carbocycles. The predicted octanol–water partition coefficient (Wildman–Crippen LogP) is 3.89. The Kier molecular flexibility index (Phi) is 6.66. The molecule has 0 spiro atoms. The highest BCUT2D eigenvalue weighted by Crippen LogP contribution is 2.37. The number of amides is 1. The maximum Gasteiger partial charge on any atom is 0.272 e. The molecule has 0 radical (unpaired) electrons. The fourth-order valence-electron chi connectivity index (χ4n) is 2.07. The molecular formula is C17H16BrClN2O4. The van der Waals surface area contributed by atoms with E-state index in [1.807, 2.05) is 0 Å². The topological polar surface area (TPSA) is 69.2 Å². The molecule has 8 heteroatoms. The Hall–Kier alpha value is -2.25. The Labute approximate surface area is 158 Å². The third-order valence-electron chi connectivity index (χ3n) is 3.24. The van der Waals surface area contributed by atoms with Crippen molar-refractivity contribution in [1.29, 1.82) is 0 Å². The molecule has 25 heavy (non-hydrogen) atoms. The van der Waals surface area contributed by atoms with Crippen LogP contribution in [0.2, 0.25) is 5.02 Å². The number of nitrogens with zero attached hydrogens (tertiary/aromatic N) is 1. The van der Waals surface area contributed by atoms with Gasteiger partial charge in [-0.2, -0.15) is 5.10 Å². The van der Waals surface area contributed by atoms with Crippen molar-refractivity contribution >= 4 is 39.7 Å². The zero-order valence-electron chi connectivity index (χ0n) is 13.8. The normalized spacial score (nSPS) is 10.6. The van der Waals surface area contributed by atoms with Gasteiger partial charge in [0.05, 0.1) is 38.1 Å². The predicted molar refractivity (Wildman–Crippen MR) is 100 cm³/mol. The second-order valence-electron chi connectivity index (χ2n) is 4.78. The second-order valence-corrected chi connectivity index (χ2v) is 6.10. The van der Waals surface area contributed by atoms with Gasteiger partial charge in [-0.25, -0.2) is 5.43 Å². The summed E-state index contributed by atoms with van der Waals surface area (Å²) in [7, 11) is 4.57. The first-order chi connectivity index (χ1) is 12.0. The molecule has 0 aromatic heterocycles. The molecule has 0 unspecified atom stereocenters. The summed E-state index contributed by atoms with van der Waals surface area (Å²) < 4.78 is 16.5. The minimum atomic E-state index is -0.421. The van der Waals surface area contributed by atoms with Crippen molar-refractivity contribution in [2.45, 2.75) is 0 Å². The summed E-state index contributed by atoms with van der Waals surface area (Å²) in [5, 5.41) is 4.28. The van der Waals surface area contributed by atoms with Crippen molar-refractivity contribution in [1.82, 2.24) is 5.43 Å². The zero-order valence-corrected chi connectivity index (χ0v) is 16.1. The van der Waals surface area contributed by atoms with Gasteiger partial charge in [-0.3, -0.25) is 4.79 Å². The second kappa shape index (κ2) is 8.73. The summed E-state index contributed by atoms with van der Waals surface area (Å²) in [6.45, 7) is 0. The zero-order chi connectivity index (χ0) is 18.4. The van der Waals surface area contributed by atoms with Crippen LogP contribution in [0.4, 0.5) is 0 Å². The van der Waals surface area contributed by atoms with Crippen LogP contribution in [0, 0.1) is 0 Å². The summed E-state index contributed by atoms with van der Waals surface area (Å²) in [4.78, 5) is 12.2. The number of carbonyl (C=O) groups is 1. The highest BCUT2D eigenvalue weighted by molar-refractivity contribution is 9.10. The molecule has 0 heterocycles. The highest BCUT2D eigenvalue weighted by atomic mass is 79.9. The molecule has 0 bridgehead atoms. The van der Waals surface area contributed by atoms with Crippen LogP contribution in [0.5, 0.6) is 17.2 Å². The molecule has 1 N–H and O–H groups in total. The molecule has 0 aliphatic rings. The number of hydrazone groups is 1. The Morgan fingerprint density at radius 3 is 2.32 bits per heavy atom. The molecule has 2 rings (SSSR count). The van der Waals surface area contributed by atoms with Gasteiger partial charge < -0.3 is 14.2 Å². The van der Waals surface area contributed by atoms with Gasteiger partial charge in [0.1, 0.15) is 0 Å². The van der Waals surface area contributed by atoms with Gasteiger partial charge in [0.15, 0.2) is 11.5 Å². The van der Waals surface area contributed by atoms with Crippen LogP contribution >= 0.6 is 27.5 Å². The Morgan fingerprint density at radius 1 is 1.12 bits per heavy atom. The van der Waals surface area contributed by atoms with E-state index in [9.17, 15) is 4.79 Å². The molecule has 0 atom stereocenters. The summed E-state index contributed by atoms with van der Waals surface area (Å²) in [6.07, 6.45) is 1.47. The van der Waals surface area contributed by atoms with Crippen LogP contribution in [-0.4, -0.2) is 33.5 Å². The van der Waals surface area contributed by atoms with Crippen molar-refractivity contribution in [2.24, 2.45) is 5.10 Å². The number of rotatable bonds is 6. The molecule has 2 aromatic carbocycles. The third-order valence-corrected chi connectivity index (χ3v) is 4.06. The lowest BCUT2D eigenvalue weighted by Crippen LogP contribution is -2.18. The van der Waals surface area contributed by atoms with Crippen molar-refractivity contribution in [3.05, 3.63) is 51.0 Å². The van der Waals surface area contributed by atoms with Crippen LogP contribution in [0.15, 0.2) is 39.9 Å². The Morgan fingerprint density at radius 2 is 1.76 bits per heavy atom. The average molecular weight is 428 g/mol. The minimum Gasteiger partial charge on any atom is -0.493 e. The van der Waals surface area contributed by atoms with Crippen molar-refractivity contribution < 1.29 is 19.0 Å². The van der Waals surface area contributed by atoms with E-state index in [4.69, 9.17) is 25.8 Å². The van der Waals surface area contributed by atoms with E-state index in [1.165, 1.54) is 27.5 Å². The largest absolute Gasteiger partial charge is 0.493 e. The first-order valence-corrected chi connectivity index (χ1v) is 8.25. The summed E-state index contributed by atoms with van der Waals surface area (Å²) in [6, 6.07) is 8.42. The van der Waals surface area contributed by atoms with Crippen LogP contribution in [0.3, 0.4) is 0 Å². The number of hydrogen-bond donors (Lipinski definition) is 1. The maximum absolute atomic E-state index is 12.2. The first-order valence-electron chi connectivity index (χ1n) is 7.08. The highest BCUT2D eigenvalue weighted by Gasteiger charge is 2.13. The lowest BCUT2D eigenvalue weighted by Gasteiger charge is -2.12. The Balaban J connectivity index is 2.19. The number of benzene rings is 2. The monoisotopic (exact) mass is 426 g/mol. The van der Waals surface area contributed by atoms with E-state index in [1.54, 1.807) is 30.3 Å². The van der Waals surface area contributed by atoms with E-state index < -0.39 is 5.91 Å². The van der Waals surface area contributed by atoms with Gasteiger partial charge in [0, 0.05) is 10.0 Å². The van der Waals surface area contributed by atoms with Crippen LogP contribution < -0.4 is 19.6 Å². The molecule has 132 valence electrons. The lowest BCUT2D eigenvalue weighted by atomic mass is 10.2. The molecule has 0 saturated heterocycles.